The number of aliphatic hydroxyl groups excluding tert-OH is 2. The van der Waals surface area contributed by atoms with E-state index in [1.165, 1.54) is 13.2 Å². The maximum Gasteiger partial charge on any atom is 0.310 e. The first kappa shape index (κ1) is 26.6. The number of hydrogen-bond acceptors (Lipinski definition) is 13. The van der Waals surface area contributed by atoms with Gasteiger partial charge in [0.2, 0.25) is 12.5 Å². The summed E-state index contributed by atoms with van der Waals surface area (Å²) in [6, 6.07) is 6.46. The Morgan fingerprint density at radius 3 is 2.44 bits per heavy atom. The highest BCUT2D eigenvalue weighted by Gasteiger charge is 2.56. The molecular weight excluding hydrogens is 544 g/mol. The van der Waals surface area contributed by atoms with Crippen molar-refractivity contribution in [3.05, 3.63) is 41.0 Å². The summed E-state index contributed by atoms with van der Waals surface area (Å²) in [6.07, 6.45) is -6.91. The first-order valence-electron chi connectivity index (χ1n) is 13.4. The smallest absolute Gasteiger partial charge is 0.310 e. The molecule has 41 heavy (non-hydrogen) atoms. The number of phenolic OH excluding ortho intramolecular Hbond substituents is 2. The molecule has 13 heteroatoms. The van der Waals surface area contributed by atoms with Gasteiger partial charge in [-0.3, -0.25) is 4.79 Å². The zero-order chi connectivity index (χ0) is 28.6. The average molecular weight is 575 g/mol. The van der Waals surface area contributed by atoms with Crippen LogP contribution in [0.3, 0.4) is 0 Å². The summed E-state index contributed by atoms with van der Waals surface area (Å²) in [7, 11) is 1.36. The molecule has 4 aliphatic heterocycles. The highest BCUT2D eigenvalue weighted by molar-refractivity contribution is 5.79. The number of cyclic esters (lactones) is 1. The Balaban J connectivity index is 1.31. The fourth-order valence-electron chi connectivity index (χ4n) is 6.59. The van der Waals surface area contributed by atoms with Crippen molar-refractivity contribution in [2.24, 2.45) is 11.8 Å². The van der Waals surface area contributed by atoms with Crippen LogP contribution in [0.5, 0.6) is 28.7 Å². The van der Waals surface area contributed by atoms with Gasteiger partial charge in [-0.25, -0.2) is 0 Å². The van der Waals surface area contributed by atoms with E-state index in [1.54, 1.807) is 25.1 Å². The summed E-state index contributed by atoms with van der Waals surface area (Å²) >= 11 is 0. The molecule has 0 saturated carbocycles. The molecule has 0 radical (unpaired) electrons. The van der Waals surface area contributed by atoms with Gasteiger partial charge in [0.1, 0.15) is 24.4 Å². The van der Waals surface area contributed by atoms with Crippen molar-refractivity contribution in [2.75, 3.05) is 27.1 Å². The monoisotopic (exact) mass is 574 g/mol. The minimum absolute atomic E-state index is 0.00920. The van der Waals surface area contributed by atoms with E-state index < -0.39 is 78.3 Å². The van der Waals surface area contributed by atoms with Crippen LogP contribution in [0.2, 0.25) is 0 Å². The third-order valence-corrected chi connectivity index (χ3v) is 8.54. The summed E-state index contributed by atoms with van der Waals surface area (Å²) in [6.45, 7) is 1.85. The van der Waals surface area contributed by atoms with Gasteiger partial charge in [0.05, 0.1) is 32.3 Å². The normalized spacial score (nSPS) is 37.1. The van der Waals surface area contributed by atoms with E-state index in [4.69, 9.17) is 37.9 Å². The number of ether oxygens (including phenoxy) is 8. The maximum atomic E-state index is 13.3. The number of aromatic hydroxyl groups is 2. The second kappa shape index (κ2) is 9.89. The van der Waals surface area contributed by atoms with Gasteiger partial charge in [0, 0.05) is 11.8 Å². The molecule has 0 amide bonds. The molecule has 0 bridgehead atoms. The molecular formula is C28H30O13. The number of carbonyl (C=O) groups excluding carboxylic acids is 1. The van der Waals surface area contributed by atoms with E-state index in [9.17, 15) is 25.2 Å². The fourth-order valence-corrected chi connectivity index (χ4v) is 6.59. The first-order chi connectivity index (χ1) is 19.7. The van der Waals surface area contributed by atoms with Crippen LogP contribution in [-0.2, 0) is 28.5 Å². The van der Waals surface area contributed by atoms with Crippen LogP contribution < -0.4 is 14.2 Å². The van der Waals surface area contributed by atoms with Gasteiger partial charge in [-0.1, -0.05) is 0 Å². The number of esters is 1. The number of phenols is 2. The van der Waals surface area contributed by atoms with Crippen molar-refractivity contribution >= 4 is 5.97 Å². The van der Waals surface area contributed by atoms with Crippen LogP contribution >= 0.6 is 0 Å². The molecule has 1 aliphatic carbocycles. The third kappa shape index (κ3) is 4.18. The Morgan fingerprint density at radius 2 is 1.68 bits per heavy atom. The molecule has 2 unspecified atom stereocenters. The minimum Gasteiger partial charge on any atom is -0.504 e. The molecule has 3 fully saturated rings. The summed E-state index contributed by atoms with van der Waals surface area (Å²) in [4.78, 5) is 13.3. The minimum atomic E-state index is -1.45. The van der Waals surface area contributed by atoms with Crippen molar-refractivity contribution in [3.8, 4) is 28.7 Å². The number of fused-ring (bicyclic) bond motifs is 4. The Hall–Kier alpha value is -3.33. The van der Waals surface area contributed by atoms with E-state index in [0.29, 0.717) is 28.2 Å². The summed E-state index contributed by atoms with van der Waals surface area (Å²) in [5, 5.41) is 42.6. The Morgan fingerprint density at radius 1 is 0.927 bits per heavy atom. The topological polar surface area (TPSA) is 172 Å². The lowest BCUT2D eigenvalue weighted by molar-refractivity contribution is -0.364. The SMILES string of the molecule is COc1cc([C@@H]2c3cc4c(cc3C(O[C@@H]3O[C@@H]5CO[C@@H](C)O[C@H]5[C@H](O)[C@H]3O)C3COC(=O)[C@@H]32)OCO4)cc(O)c1O. The number of aliphatic hydroxyl groups is 2. The molecule has 0 spiro atoms. The molecule has 3 saturated heterocycles. The quantitative estimate of drug-likeness (QED) is 0.302. The largest absolute Gasteiger partial charge is 0.504 e. The van der Waals surface area contributed by atoms with Crippen LogP contribution in [-0.4, -0.2) is 90.5 Å². The van der Waals surface area contributed by atoms with Crippen molar-refractivity contribution < 1.29 is 63.1 Å². The first-order valence-corrected chi connectivity index (χ1v) is 13.4. The zero-order valence-electron chi connectivity index (χ0n) is 22.2. The predicted molar refractivity (Wildman–Crippen MR) is 133 cm³/mol. The fraction of sp³-hybridized carbons (Fsp3) is 0.536. The molecule has 0 aromatic heterocycles. The van der Waals surface area contributed by atoms with Crippen LogP contribution in [0.25, 0.3) is 0 Å². The number of benzene rings is 2. The lowest BCUT2D eigenvalue weighted by atomic mass is 9.66. The van der Waals surface area contributed by atoms with E-state index in [0.717, 1.165) is 0 Å². The van der Waals surface area contributed by atoms with E-state index >= 15 is 0 Å². The standard InChI is InChI=1S/C28H30O13/c1-10-35-8-19-26(39-10)23(31)24(32)28(40-19)41-25-13-6-17-16(37-9-38-17)5-12(13)20(21-14(25)7-36-27(21)33)11-3-15(29)22(30)18(4-11)34-2/h3-6,10,14,19-21,23-26,28-32H,7-9H2,1-2H3/t10-,14?,19-,20-,21+,23-,24-,25?,26-,28+/m1/s1. The lowest BCUT2D eigenvalue weighted by Gasteiger charge is -2.47. The third-order valence-electron chi connectivity index (χ3n) is 8.54. The predicted octanol–water partition coefficient (Wildman–Crippen LogP) is 1.04. The van der Waals surface area contributed by atoms with Gasteiger partial charge < -0.3 is 58.3 Å². The van der Waals surface area contributed by atoms with Crippen molar-refractivity contribution in [1.82, 2.24) is 0 Å². The van der Waals surface area contributed by atoms with Gasteiger partial charge in [-0.15, -0.1) is 0 Å². The lowest BCUT2D eigenvalue weighted by Crippen LogP contribution is -2.63. The number of methoxy groups -OCH3 is 1. The van der Waals surface area contributed by atoms with Crippen LogP contribution in [0.15, 0.2) is 24.3 Å². The highest BCUT2D eigenvalue weighted by atomic mass is 16.8. The van der Waals surface area contributed by atoms with E-state index in [-0.39, 0.29) is 25.8 Å². The molecule has 5 aliphatic rings. The number of carbonyl (C=O) groups is 1. The van der Waals surface area contributed by atoms with Gasteiger partial charge in [-0.05, 0) is 47.9 Å². The second-order valence-electron chi connectivity index (χ2n) is 10.8. The van der Waals surface area contributed by atoms with Crippen molar-refractivity contribution in [3.63, 3.8) is 0 Å². The summed E-state index contributed by atoms with van der Waals surface area (Å²) in [5.74, 6) is -2.30. The van der Waals surface area contributed by atoms with E-state index in [2.05, 4.69) is 0 Å². The van der Waals surface area contributed by atoms with Crippen molar-refractivity contribution in [2.45, 2.75) is 55.9 Å². The van der Waals surface area contributed by atoms with Gasteiger partial charge in [0.25, 0.3) is 0 Å². The summed E-state index contributed by atoms with van der Waals surface area (Å²) < 4.78 is 45.7. The number of hydrogen-bond donors (Lipinski definition) is 4. The van der Waals surface area contributed by atoms with Crippen LogP contribution in [0.4, 0.5) is 0 Å². The highest BCUT2D eigenvalue weighted by Crippen LogP contribution is 2.57. The average Bonchev–Trinajstić information content (AvgIpc) is 3.58. The molecule has 2 aromatic carbocycles. The van der Waals surface area contributed by atoms with Crippen molar-refractivity contribution in [1.29, 1.82) is 0 Å². The summed E-state index contributed by atoms with van der Waals surface area (Å²) in [5.41, 5.74) is 1.76. The molecule has 220 valence electrons. The molecule has 7 rings (SSSR count). The molecule has 4 heterocycles. The molecule has 4 N–H and O–H groups in total. The second-order valence-corrected chi connectivity index (χ2v) is 10.8. The molecule has 10 atom stereocenters. The van der Waals surface area contributed by atoms with Gasteiger partial charge >= 0.3 is 5.97 Å². The van der Waals surface area contributed by atoms with Gasteiger partial charge in [0.15, 0.2) is 35.6 Å². The number of rotatable bonds is 4. The Labute approximate surface area is 234 Å². The Bertz CT molecular complexity index is 1360. The Kier molecular flexibility index (Phi) is 6.41. The maximum absolute atomic E-state index is 13.3. The van der Waals surface area contributed by atoms with Crippen LogP contribution in [0.1, 0.15) is 35.6 Å². The van der Waals surface area contributed by atoms with E-state index in [1.807, 2.05) is 0 Å². The zero-order valence-corrected chi connectivity index (χ0v) is 22.2. The van der Waals surface area contributed by atoms with Gasteiger partial charge in [-0.2, -0.15) is 0 Å². The molecule has 13 nitrogen and oxygen atoms in total. The molecule has 2 aromatic rings. The van der Waals surface area contributed by atoms with Crippen LogP contribution in [0, 0.1) is 11.8 Å².